The quantitative estimate of drug-likeness (QED) is 0.802. The summed E-state index contributed by atoms with van der Waals surface area (Å²) in [5.74, 6) is -0.0666. The van der Waals surface area contributed by atoms with Crippen molar-refractivity contribution in [1.82, 2.24) is 5.32 Å². The minimum absolute atomic E-state index is 0.101. The first-order chi connectivity index (χ1) is 13.0. The summed E-state index contributed by atoms with van der Waals surface area (Å²) in [7, 11) is -3.75. The van der Waals surface area contributed by atoms with Gasteiger partial charge in [-0.2, -0.15) is 8.42 Å². The van der Waals surface area contributed by atoms with Gasteiger partial charge in [-0.1, -0.05) is 61.2 Å². The SMILES string of the molecule is CCCN1C(SCC(=O)NCc2ccccc2)=NS(=O)(=O)c2ccccc21. The summed E-state index contributed by atoms with van der Waals surface area (Å²) >= 11 is 1.14. The fourth-order valence-electron chi connectivity index (χ4n) is 2.72. The molecule has 0 fully saturated rings. The number of hydrogen-bond acceptors (Lipinski definition) is 5. The molecule has 0 saturated heterocycles. The number of nitrogens with zero attached hydrogens (tertiary/aromatic N) is 2. The summed E-state index contributed by atoms with van der Waals surface area (Å²) in [6, 6.07) is 16.4. The molecule has 0 bridgehead atoms. The van der Waals surface area contributed by atoms with Crippen LogP contribution in [-0.2, 0) is 21.4 Å². The smallest absolute Gasteiger partial charge is 0.286 e. The van der Waals surface area contributed by atoms with Gasteiger partial charge in [0.05, 0.1) is 11.4 Å². The number of amides is 1. The van der Waals surface area contributed by atoms with Crippen LogP contribution >= 0.6 is 11.8 Å². The van der Waals surface area contributed by atoms with E-state index in [0.29, 0.717) is 23.9 Å². The number of nitrogens with one attached hydrogen (secondary N) is 1. The lowest BCUT2D eigenvalue weighted by Crippen LogP contribution is -2.36. The molecule has 2 aromatic carbocycles. The number of amidine groups is 1. The van der Waals surface area contributed by atoms with Crippen LogP contribution in [-0.4, -0.2) is 31.8 Å². The third kappa shape index (κ3) is 4.70. The zero-order valence-corrected chi connectivity index (χ0v) is 16.6. The first-order valence-electron chi connectivity index (χ1n) is 8.66. The number of fused-ring (bicyclic) bond motifs is 1. The van der Waals surface area contributed by atoms with Gasteiger partial charge < -0.3 is 10.2 Å². The van der Waals surface area contributed by atoms with Crippen molar-refractivity contribution in [2.24, 2.45) is 4.40 Å². The fraction of sp³-hybridized carbons (Fsp3) is 0.263. The van der Waals surface area contributed by atoms with E-state index in [0.717, 1.165) is 23.7 Å². The van der Waals surface area contributed by atoms with Gasteiger partial charge in [-0.15, -0.1) is 4.40 Å². The maximum Gasteiger partial charge on any atom is 0.286 e. The first kappa shape index (κ1) is 19.4. The number of hydrogen-bond donors (Lipinski definition) is 1. The Morgan fingerprint density at radius 3 is 2.56 bits per heavy atom. The molecule has 0 atom stereocenters. The standard InChI is InChI=1S/C19H21N3O3S2/c1-2-12-22-16-10-6-7-11-17(16)27(24,25)21-19(22)26-14-18(23)20-13-15-8-4-3-5-9-15/h3-11H,2,12-14H2,1H3,(H,20,23). The second-order valence-electron chi connectivity index (χ2n) is 6.02. The Hall–Kier alpha value is -2.32. The van der Waals surface area contributed by atoms with Crippen LogP contribution in [0.5, 0.6) is 0 Å². The zero-order valence-electron chi connectivity index (χ0n) is 15.0. The molecule has 1 heterocycles. The van der Waals surface area contributed by atoms with Crippen LogP contribution in [0.2, 0.25) is 0 Å². The van der Waals surface area contributed by atoms with Gasteiger partial charge in [-0.3, -0.25) is 4.79 Å². The molecule has 8 heteroatoms. The summed E-state index contributed by atoms with van der Waals surface area (Å²) in [6.45, 7) is 3.08. The predicted molar refractivity (Wildman–Crippen MR) is 109 cm³/mol. The van der Waals surface area contributed by atoms with E-state index in [1.165, 1.54) is 0 Å². The molecular formula is C19H21N3O3S2. The van der Waals surface area contributed by atoms with Gasteiger partial charge in [0.2, 0.25) is 5.91 Å². The molecule has 0 aliphatic carbocycles. The molecule has 142 valence electrons. The number of anilines is 1. The number of carbonyl (C=O) groups is 1. The summed E-state index contributed by atoms with van der Waals surface area (Å²) in [6.07, 6.45) is 0.828. The molecule has 1 amide bonds. The number of benzene rings is 2. The zero-order chi connectivity index (χ0) is 19.3. The van der Waals surface area contributed by atoms with E-state index in [2.05, 4.69) is 9.71 Å². The van der Waals surface area contributed by atoms with E-state index in [1.807, 2.05) is 42.2 Å². The van der Waals surface area contributed by atoms with Crippen molar-refractivity contribution in [3.63, 3.8) is 0 Å². The molecule has 0 spiro atoms. The Morgan fingerprint density at radius 2 is 1.81 bits per heavy atom. The molecule has 0 radical (unpaired) electrons. The lowest BCUT2D eigenvalue weighted by Gasteiger charge is -2.29. The molecule has 3 rings (SSSR count). The summed E-state index contributed by atoms with van der Waals surface area (Å²) in [5, 5.41) is 3.18. The minimum Gasteiger partial charge on any atom is -0.351 e. The normalized spacial score (nSPS) is 15.0. The lowest BCUT2D eigenvalue weighted by atomic mass is 10.2. The van der Waals surface area contributed by atoms with Crippen LogP contribution in [0.3, 0.4) is 0 Å². The van der Waals surface area contributed by atoms with Crippen LogP contribution in [0.1, 0.15) is 18.9 Å². The highest BCUT2D eigenvalue weighted by molar-refractivity contribution is 8.15. The maximum atomic E-state index is 12.5. The van der Waals surface area contributed by atoms with E-state index in [9.17, 15) is 13.2 Å². The Labute approximate surface area is 163 Å². The van der Waals surface area contributed by atoms with Gasteiger partial charge in [-0.05, 0) is 24.1 Å². The third-order valence-electron chi connectivity index (χ3n) is 3.98. The molecule has 6 nitrogen and oxygen atoms in total. The largest absolute Gasteiger partial charge is 0.351 e. The van der Waals surface area contributed by atoms with Crippen LogP contribution in [0.4, 0.5) is 5.69 Å². The highest BCUT2D eigenvalue weighted by atomic mass is 32.2. The van der Waals surface area contributed by atoms with Gasteiger partial charge in [0.15, 0.2) is 5.17 Å². The molecule has 2 aromatic rings. The molecule has 0 unspecified atom stereocenters. The molecule has 1 aliphatic heterocycles. The number of carbonyl (C=O) groups excluding carboxylic acids is 1. The Bertz CT molecular complexity index is 944. The molecule has 1 N–H and O–H groups in total. The van der Waals surface area contributed by atoms with E-state index in [1.54, 1.807) is 24.3 Å². The molecule has 0 aromatic heterocycles. The summed E-state index contributed by atoms with van der Waals surface area (Å²) in [5.41, 5.74) is 1.62. The molecule has 27 heavy (non-hydrogen) atoms. The van der Waals surface area contributed by atoms with Crippen molar-refractivity contribution >= 4 is 38.5 Å². The number of thioether (sulfide) groups is 1. The third-order valence-corrected chi connectivity index (χ3v) is 6.38. The van der Waals surface area contributed by atoms with E-state index in [4.69, 9.17) is 0 Å². The van der Waals surface area contributed by atoms with Gasteiger partial charge in [-0.25, -0.2) is 0 Å². The first-order valence-corrected chi connectivity index (χ1v) is 11.1. The summed E-state index contributed by atoms with van der Waals surface area (Å²) in [4.78, 5) is 14.2. The lowest BCUT2D eigenvalue weighted by molar-refractivity contribution is -0.118. The maximum absolute atomic E-state index is 12.5. The number of para-hydroxylation sites is 1. The van der Waals surface area contributed by atoms with Crippen molar-refractivity contribution in [2.75, 3.05) is 17.2 Å². The molecule has 1 aliphatic rings. The van der Waals surface area contributed by atoms with Crippen molar-refractivity contribution < 1.29 is 13.2 Å². The van der Waals surface area contributed by atoms with Gasteiger partial charge in [0.25, 0.3) is 10.0 Å². The van der Waals surface area contributed by atoms with Gasteiger partial charge in [0, 0.05) is 13.1 Å². The van der Waals surface area contributed by atoms with Crippen LogP contribution in [0.25, 0.3) is 0 Å². The summed E-state index contributed by atoms with van der Waals surface area (Å²) < 4.78 is 28.9. The fourth-order valence-corrected chi connectivity index (χ4v) is 5.03. The molecular weight excluding hydrogens is 382 g/mol. The Balaban J connectivity index is 1.69. The minimum atomic E-state index is -3.75. The van der Waals surface area contributed by atoms with Crippen LogP contribution < -0.4 is 10.2 Å². The average molecular weight is 404 g/mol. The van der Waals surface area contributed by atoms with Crippen molar-refractivity contribution in [2.45, 2.75) is 24.8 Å². The molecule has 0 saturated carbocycles. The van der Waals surface area contributed by atoms with Gasteiger partial charge >= 0.3 is 0 Å². The average Bonchev–Trinajstić information content (AvgIpc) is 2.68. The Morgan fingerprint density at radius 1 is 1.11 bits per heavy atom. The predicted octanol–water partition coefficient (Wildman–Crippen LogP) is 3.01. The highest BCUT2D eigenvalue weighted by Gasteiger charge is 2.30. The van der Waals surface area contributed by atoms with Crippen molar-refractivity contribution in [3.8, 4) is 0 Å². The number of rotatable bonds is 6. The second kappa shape index (κ2) is 8.58. The Kier molecular flexibility index (Phi) is 6.18. The topological polar surface area (TPSA) is 78.8 Å². The van der Waals surface area contributed by atoms with E-state index in [-0.39, 0.29) is 16.6 Å². The highest BCUT2D eigenvalue weighted by Crippen LogP contribution is 2.34. The van der Waals surface area contributed by atoms with Gasteiger partial charge in [0.1, 0.15) is 4.90 Å². The second-order valence-corrected chi connectivity index (χ2v) is 8.53. The van der Waals surface area contributed by atoms with E-state index >= 15 is 0 Å². The van der Waals surface area contributed by atoms with E-state index < -0.39 is 10.0 Å². The van der Waals surface area contributed by atoms with Crippen LogP contribution in [0.15, 0.2) is 63.9 Å². The monoisotopic (exact) mass is 403 g/mol. The number of sulfonamides is 1. The van der Waals surface area contributed by atoms with Crippen molar-refractivity contribution in [3.05, 3.63) is 60.2 Å². The van der Waals surface area contributed by atoms with Crippen LogP contribution in [0, 0.1) is 0 Å². The van der Waals surface area contributed by atoms with Crippen molar-refractivity contribution in [1.29, 1.82) is 0 Å².